The van der Waals surface area contributed by atoms with Crippen molar-refractivity contribution >= 4 is 27.5 Å². The van der Waals surface area contributed by atoms with Crippen molar-refractivity contribution < 1.29 is 18.0 Å². The van der Waals surface area contributed by atoms with Crippen molar-refractivity contribution in [1.82, 2.24) is 10.2 Å². The molecule has 1 aromatic carbocycles. The van der Waals surface area contributed by atoms with Crippen LogP contribution in [0.4, 0.5) is 10.5 Å². The van der Waals surface area contributed by atoms with Gasteiger partial charge >= 0.3 is 6.03 Å². The lowest BCUT2D eigenvalue weighted by molar-refractivity contribution is -0.129. The number of aryl methyl sites for hydroxylation is 2. The van der Waals surface area contributed by atoms with Gasteiger partial charge in [0.05, 0.1) is 5.75 Å². The summed E-state index contributed by atoms with van der Waals surface area (Å²) < 4.78 is 23.2. The summed E-state index contributed by atoms with van der Waals surface area (Å²) in [6.45, 7) is 1.67. The Morgan fingerprint density at radius 1 is 1.31 bits per heavy atom. The second kappa shape index (κ2) is 8.19. The topological polar surface area (TPSA) is 119 Å². The fourth-order valence-corrected chi connectivity index (χ4v) is 3.75. The normalized spacial score (nSPS) is 14.0. The molecule has 0 saturated carbocycles. The molecule has 2 N–H and O–H groups in total. The highest BCUT2D eigenvalue weighted by Crippen LogP contribution is 2.24. The zero-order valence-electron chi connectivity index (χ0n) is 14.8. The number of carbonyl (C=O) groups is 2. The highest BCUT2D eigenvalue weighted by atomic mass is 32.2. The van der Waals surface area contributed by atoms with Gasteiger partial charge in [-0.1, -0.05) is 6.07 Å². The summed E-state index contributed by atoms with van der Waals surface area (Å²) >= 11 is 0. The Balaban J connectivity index is 2.10. The van der Waals surface area contributed by atoms with Crippen LogP contribution in [0, 0.1) is 11.5 Å². The number of carbonyl (C=O) groups excluding carboxylic acids is 2. The Morgan fingerprint density at radius 2 is 2.00 bits per heavy atom. The van der Waals surface area contributed by atoms with Crippen molar-refractivity contribution in [2.45, 2.75) is 32.2 Å². The Bertz CT molecular complexity index is 845. The molecule has 0 radical (unpaired) electrons. The van der Waals surface area contributed by atoms with Crippen LogP contribution in [0.1, 0.15) is 24.5 Å². The van der Waals surface area contributed by atoms with Gasteiger partial charge in [0.15, 0.2) is 6.19 Å². The fourth-order valence-electron chi connectivity index (χ4n) is 2.92. The SMILES string of the molecule is CCN(C#N)C(=O)C(CS(C)(=O)=O)NC(=O)Nc1ccc2c(c1)CCC2. The number of sulfone groups is 1. The van der Waals surface area contributed by atoms with E-state index in [4.69, 9.17) is 5.26 Å². The van der Waals surface area contributed by atoms with E-state index in [0.717, 1.165) is 30.4 Å². The maximum atomic E-state index is 12.3. The summed E-state index contributed by atoms with van der Waals surface area (Å²) in [6, 6.07) is 3.57. The van der Waals surface area contributed by atoms with E-state index in [1.54, 1.807) is 19.2 Å². The molecule has 9 heteroatoms. The first-order valence-corrected chi connectivity index (χ1v) is 10.4. The van der Waals surface area contributed by atoms with Gasteiger partial charge in [0, 0.05) is 18.5 Å². The van der Waals surface area contributed by atoms with Crippen LogP contribution in [0.25, 0.3) is 0 Å². The number of hydrogen-bond donors (Lipinski definition) is 2. The molecule has 1 atom stereocenters. The molecule has 1 aliphatic rings. The molecule has 2 rings (SSSR count). The lowest BCUT2D eigenvalue weighted by Crippen LogP contribution is -2.51. The predicted molar refractivity (Wildman–Crippen MR) is 97.1 cm³/mol. The van der Waals surface area contributed by atoms with Crippen LogP contribution in [0.5, 0.6) is 0 Å². The number of rotatable bonds is 6. The van der Waals surface area contributed by atoms with Gasteiger partial charge in [-0.15, -0.1) is 0 Å². The molecule has 1 unspecified atom stereocenters. The van der Waals surface area contributed by atoms with Crippen molar-refractivity contribution in [3.63, 3.8) is 0 Å². The third-order valence-corrected chi connectivity index (χ3v) is 5.07. The number of hydrogen-bond acceptors (Lipinski definition) is 5. The molecule has 8 nitrogen and oxygen atoms in total. The van der Waals surface area contributed by atoms with Gasteiger partial charge in [-0.25, -0.2) is 18.1 Å². The van der Waals surface area contributed by atoms with E-state index in [9.17, 15) is 18.0 Å². The number of benzene rings is 1. The van der Waals surface area contributed by atoms with E-state index in [1.807, 2.05) is 12.1 Å². The Kier molecular flexibility index (Phi) is 6.21. The lowest BCUT2D eigenvalue weighted by atomic mass is 10.1. The molecule has 0 aliphatic heterocycles. The van der Waals surface area contributed by atoms with E-state index in [0.29, 0.717) is 5.69 Å². The van der Waals surface area contributed by atoms with Crippen LogP contribution < -0.4 is 10.6 Å². The average molecular weight is 378 g/mol. The van der Waals surface area contributed by atoms with Gasteiger partial charge in [0.25, 0.3) is 5.91 Å². The highest BCUT2D eigenvalue weighted by Gasteiger charge is 2.29. The monoisotopic (exact) mass is 378 g/mol. The molecule has 3 amide bonds. The second-order valence-corrected chi connectivity index (χ2v) is 8.45. The molecule has 0 spiro atoms. The standard InChI is InChI=1S/C17H22N4O4S/c1-3-21(11-18)16(22)15(10-26(2,24)25)20-17(23)19-14-8-7-12-5-4-6-13(12)9-14/h7-9,15H,3-6,10H2,1-2H3,(H2,19,20,23). The lowest BCUT2D eigenvalue weighted by Gasteiger charge is -2.21. The Labute approximate surface area is 153 Å². The number of nitrogens with one attached hydrogen (secondary N) is 2. The van der Waals surface area contributed by atoms with Gasteiger partial charge in [-0.05, 0) is 49.4 Å². The van der Waals surface area contributed by atoms with Crippen LogP contribution >= 0.6 is 0 Å². The van der Waals surface area contributed by atoms with Gasteiger partial charge in [-0.2, -0.15) is 5.26 Å². The van der Waals surface area contributed by atoms with Crippen molar-refractivity contribution in [1.29, 1.82) is 5.26 Å². The molecule has 1 aromatic rings. The number of nitrogens with zero attached hydrogens (tertiary/aromatic N) is 2. The Morgan fingerprint density at radius 3 is 2.62 bits per heavy atom. The zero-order chi connectivity index (χ0) is 19.3. The summed E-state index contributed by atoms with van der Waals surface area (Å²) in [5.41, 5.74) is 3.00. The second-order valence-electron chi connectivity index (χ2n) is 6.26. The molecule has 0 saturated heterocycles. The van der Waals surface area contributed by atoms with E-state index in [-0.39, 0.29) is 6.54 Å². The minimum atomic E-state index is -3.54. The van der Waals surface area contributed by atoms with E-state index >= 15 is 0 Å². The highest BCUT2D eigenvalue weighted by molar-refractivity contribution is 7.90. The van der Waals surface area contributed by atoms with E-state index in [2.05, 4.69) is 10.6 Å². The number of likely N-dealkylation sites (N-methyl/N-ethyl adjacent to an activating group) is 1. The first-order valence-electron chi connectivity index (χ1n) is 8.31. The molecule has 0 fully saturated rings. The van der Waals surface area contributed by atoms with Gasteiger partial charge in [0.2, 0.25) is 0 Å². The van der Waals surface area contributed by atoms with Crippen LogP contribution in [0.3, 0.4) is 0 Å². The molecule has 1 aliphatic carbocycles. The van der Waals surface area contributed by atoms with Gasteiger partial charge in [-0.3, -0.25) is 4.79 Å². The molecule has 0 bridgehead atoms. The maximum Gasteiger partial charge on any atom is 0.319 e. The van der Waals surface area contributed by atoms with Crippen LogP contribution in [-0.4, -0.2) is 49.9 Å². The van der Waals surface area contributed by atoms with Crippen LogP contribution in [0.2, 0.25) is 0 Å². The van der Waals surface area contributed by atoms with Crippen LogP contribution in [0.15, 0.2) is 18.2 Å². The third kappa shape index (κ3) is 5.20. The quantitative estimate of drug-likeness (QED) is 0.566. The number of anilines is 1. The Hall–Kier alpha value is -2.60. The summed E-state index contributed by atoms with van der Waals surface area (Å²) in [6.07, 6.45) is 5.71. The summed E-state index contributed by atoms with van der Waals surface area (Å²) in [5.74, 6) is -1.34. The predicted octanol–water partition coefficient (Wildman–Crippen LogP) is 1.04. The number of nitriles is 1. The van der Waals surface area contributed by atoms with Gasteiger partial charge < -0.3 is 10.6 Å². The average Bonchev–Trinajstić information content (AvgIpc) is 3.01. The van der Waals surface area contributed by atoms with Crippen LogP contribution in [-0.2, 0) is 27.5 Å². The molecular formula is C17H22N4O4S. The van der Waals surface area contributed by atoms with Crippen molar-refractivity contribution in [3.05, 3.63) is 29.3 Å². The van der Waals surface area contributed by atoms with Crippen molar-refractivity contribution in [3.8, 4) is 6.19 Å². The fraction of sp³-hybridized carbons (Fsp3) is 0.471. The number of urea groups is 1. The van der Waals surface area contributed by atoms with Gasteiger partial charge in [0.1, 0.15) is 15.9 Å². The minimum Gasteiger partial charge on any atom is -0.325 e. The van der Waals surface area contributed by atoms with E-state index in [1.165, 1.54) is 11.1 Å². The number of fused-ring (bicyclic) bond motifs is 1. The molecule has 140 valence electrons. The summed E-state index contributed by atoms with van der Waals surface area (Å²) in [5, 5.41) is 14.0. The maximum absolute atomic E-state index is 12.3. The molecule has 0 heterocycles. The first kappa shape index (κ1) is 19.7. The first-order chi connectivity index (χ1) is 12.2. The zero-order valence-corrected chi connectivity index (χ0v) is 15.6. The molecule has 0 aromatic heterocycles. The largest absolute Gasteiger partial charge is 0.325 e. The van der Waals surface area contributed by atoms with E-state index < -0.39 is 33.6 Å². The summed E-state index contributed by atoms with van der Waals surface area (Å²) in [7, 11) is -3.54. The summed E-state index contributed by atoms with van der Waals surface area (Å²) in [4.78, 5) is 25.4. The molecule has 26 heavy (non-hydrogen) atoms. The number of amides is 3. The van der Waals surface area contributed by atoms with Crippen molar-refractivity contribution in [2.75, 3.05) is 23.9 Å². The molecular weight excluding hydrogens is 356 g/mol. The minimum absolute atomic E-state index is 0.0870. The third-order valence-electron chi connectivity index (χ3n) is 4.13. The van der Waals surface area contributed by atoms with Crippen molar-refractivity contribution in [2.24, 2.45) is 0 Å². The smallest absolute Gasteiger partial charge is 0.319 e.